The van der Waals surface area contributed by atoms with Crippen LogP contribution in [0.5, 0.6) is 17.2 Å². The lowest BCUT2D eigenvalue weighted by atomic mass is 9.83. The summed E-state index contributed by atoms with van der Waals surface area (Å²) in [6.07, 6.45) is 1.31. The van der Waals surface area contributed by atoms with Crippen molar-refractivity contribution in [2.45, 2.75) is 36.3 Å². The van der Waals surface area contributed by atoms with Crippen molar-refractivity contribution in [2.75, 3.05) is 26.1 Å². The first kappa shape index (κ1) is 26.4. The van der Waals surface area contributed by atoms with E-state index in [2.05, 4.69) is 4.90 Å². The minimum absolute atomic E-state index is 0.0257. The highest BCUT2D eigenvalue weighted by atomic mass is 35.5. The highest BCUT2D eigenvalue weighted by molar-refractivity contribution is 7.89. The van der Waals surface area contributed by atoms with Crippen LogP contribution in [0.25, 0.3) is 0 Å². The number of hydrogen-bond donors (Lipinski definition) is 2. The van der Waals surface area contributed by atoms with Gasteiger partial charge in [-0.05, 0) is 60.7 Å². The Labute approximate surface area is 217 Å². The zero-order valence-corrected chi connectivity index (χ0v) is 21.8. The maximum absolute atomic E-state index is 12.3. The number of ether oxygens (including phenoxy) is 2. The molecule has 0 radical (unpaired) electrons. The number of likely N-dealkylation sites (tertiary alicyclic amines) is 1. The first-order valence-electron chi connectivity index (χ1n) is 11.8. The molecule has 3 aromatic rings. The van der Waals surface area contributed by atoms with Gasteiger partial charge in [0, 0.05) is 31.1 Å². The second kappa shape index (κ2) is 11.2. The van der Waals surface area contributed by atoms with Crippen LogP contribution in [0.2, 0.25) is 0 Å². The number of piperidine rings is 1. The molecule has 0 spiro atoms. The molecule has 1 saturated heterocycles. The van der Waals surface area contributed by atoms with Crippen LogP contribution in [0, 0.1) is 0 Å². The fraction of sp³-hybridized carbons (Fsp3) is 0.333. The van der Waals surface area contributed by atoms with Crippen molar-refractivity contribution in [3.05, 3.63) is 83.4 Å². The molecule has 4 rings (SSSR count). The van der Waals surface area contributed by atoms with E-state index < -0.39 is 15.6 Å². The fourth-order valence-corrected chi connectivity index (χ4v) is 5.70. The number of aryl methyl sites for hydroxylation is 1. The minimum Gasteiger partial charge on any atom is -0.493 e. The molecular formula is C27H31ClN2O5S. The monoisotopic (exact) mass is 530 g/mol. The summed E-state index contributed by atoms with van der Waals surface area (Å²) >= 11 is 5.82. The molecule has 1 aliphatic rings. The Bertz CT molecular complexity index is 1310. The molecule has 1 aliphatic heterocycles. The number of para-hydroxylation sites is 2. The van der Waals surface area contributed by atoms with Gasteiger partial charge in [0.2, 0.25) is 10.0 Å². The summed E-state index contributed by atoms with van der Waals surface area (Å²) in [7, 11) is -2.39. The Hall–Kier alpha value is -2.62. The van der Waals surface area contributed by atoms with E-state index in [0.29, 0.717) is 67.6 Å². The maximum atomic E-state index is 12.3. The number of hydrogen-bond acceptors (Lipinski definition) is 6. The Morgan fingerprint density at radius 2 is 1.72 bits per heavy atom. The largest absolute Gasteiger partial charge is 0.493 e. The highest BCUT2D eigenvalue weighted by Gasteiger charge is 2.37. The standard InChI is InChI=1S/C27H31ClN2O5S/c1-34-24-7-2-3-8-25(24)35-22-6-4-5-21(17-22)19-30-15-12-27(31,13-16-30)23-10-9-20(11-14-28)18-26(23)36(29,32)33/h2-10,17-18,31H,11-16,19H2,1H3,(H2,29,32,33). The van der Waals surface area contributed by atoms with Crippen LogP contribution in [0.1, 0.15) is 29.5 Å². The van der Waals surface area contributed by atoms with Crippen molar-refractivity contribution in [1.82, 2.24) is 4.90 Å². The molecule has 3 aromatic carbocycles. The van der Waals surface area contributed by atoms with Crippen molar-refractivity contribution in [3.63, 3.8) is 0 Å². The molecule has 1 fully saturated rings. The van der Waals surface area contributed by atoms with E-state index in [1.54, 1.807) is 13.2 Å². The van der Waals surface area contributed by atoms with Gasteiger partial charge >= 0.3 is 0 Å². The van der Waals surface area contributed by atoms with Gasteiger partial charge in [-0.2, -0.15) is 0 Å². The Morgan fingerprint density at radius 3 is 2.39 bits per heavy atom. The molecule has 7 nitrogen and oxygen atoms in total. The third-order valence-corrected chi connectivity index (χ3v) is 7.66. The van der Waals surface area contributed by atoms with Gasteiger partial charge in [-0.3, -0.25) is 4.90 Å². The molecule has 192 valence electrons. The van der Waals surface area contributed by atoms with E-state index >= 15 is 0 Å². The zero-order chi connectivity index (χ0) is 25.8. The average molecular weight is 531 g/mol. The lowest BCUT2D eigenvalue weighted by molar-refractivity contribution is -0.0299. The van der Waals surface area contributed by atoms with Crippen LogP contribution >= 0.6 is 11.6 Å². The van der Waals surface area contributed by atoms with Crippen molar-refractivity contribution in [3.8, 4) is 17.2 Å². The molecule has 36 heavy (non-hydrogen) atoms. The molecule has 3 N–H and O–H groups in total. The quantitative estimate of drug-likeness (QED) is 0.398. The number of halogens is 1. The summed E-state index contributed by atoms with van der Waals surface area (Å²) in [5.41, 5.74) is 0.930. The summed E-state index contributed by atoms with van der Waals surface area (Å²) in [5, 5.41) is 16.9. The normalized spacial score (nSPS) is 16.0. The summed E-state index contributed by atoms with van der Waals surface area (Å²) < 4.78 is 36.0. The van der Waals surface area contributed by atoms with Crippen LogP contribution in [0.3, 0.4) is 0 Å². The van der Waals surface area contributed by atoms with Gasteiger partial charge < -0.3 is 14.6 Å². The fourth-order valence-electron chi connectivity index (χ4n) is 4.60. The van der Waals surface area contributed by atoms with Crippen molar-refractivity contribution in [1.29, 1.82) is 0 Å². The molecule has 0 unspecified atom stereocenters. The van der Waals surface area contributed by atoms with Crippen LogP contribution in [-0.2, 0) is 28.6 Å². The van der Waals surface area contributed by atoms with Gasteiger partial charge in [0.1, 0.15) is 5.75 Å². The molecule has 0 aromatic heterocycles. The molecule has 0 saturated carbocycles. The third kappa shape index (κ3) is 6.19. The van der Waals surface area contributed by atoms with Crippen molar-refractivity contribution < 1.29 is 23.0 Å². The van der Waals surface area contributed by atoms with Gasteiger partial charge in [-0.25, -0.2) is 13.6 Å². The Morgan fingerprint density at radius 1 is 1.00 bits per heavy atom. The molecule has 0 bridgehead atoms. The Balaban J connectivity index is 1.45. The number of methoxy groups -OCH3 is 1. The molecule has 0 atom stereocenters. The summed E-state index contributed by atoms with van der Waals surface area (Å²) in [4.78, 5) is 2.21. The SMILES string of the molecule is COc1ccccc1Oc1cccc(CN2CCC(O)(c3ccc(CCCl)cc3S(N)(=O)=O)CC2)c1. The molecule has 1 heterocycles. The van der Waals surface area contributed by atoms with E-state index in [1.165, 1.54) is 6.07 Å². The van der Waals surface area contributed by atoms with Gasteiger partial charge in [-0.1, -0.05) is 36.4 Å². The number of alkyl halides is 1. The second-order valence-electron chi connectivity index (χ2n) is 9.02. The van der Waals surface area contributed by atoms with Crippen molar-refractivity contribution in [2.24, 2.45) is 5.14 Å². The van der Waals surface area contributed by atoms with E-state index in [0.717, 1.165) is 11.1 Å². The zero-order valence-electron chi connectivity index (χ0n) is 20.2. The number of sulfonamides is 1. The van der Waals surface area contributed by atoms with Gasteiger partial charge in [0.15, 0.2) is 11.5 Å². The minimum atomic E-state index is -4.00. The predicted octanol–water partition coefficient (Wildman–Crippen LogP) is 4.40. The van der Waals surface area contributed by atoms with E-state index in [1.807, 2.05) is 54.6 Å². The smallest absolute Gasteiger partial charge is 0.238 e. The Kier molecular flexibility index (Phi) is 8.22. The number of rotatable bonds is 9. The summed E-state index contributed by atoms with van der Waals surface area (Å²) in [5.74, 6) is 2.38. The van der Waals surface area contributed by atoms with E-state index in [9.17, 15) is 13.5 Å². The first-order chi connectivity index (χ1) is 17.2. The average Bonchev–Trinajstić information content (AvgIpc) is 2.86. The topological polar surface area (TPSA) is 102 Å². The third-order valence-electron chi connectivity index (χ3n) is 6.52. The van der Waals surface area contributed by atoms with Gasteiger partial charge in [0.25, 0.3) is 0 Å². The van der Waals surface area contributed by atoms with Crippen LogP contribution < -0.4 is 14.6 Å². The van der Waals surface area contributed by atoms with Crippen molar-refractivity contribution >= 4 is 21.6 Å². The van der Waals surface area contributed by atoms with E-state index in [4.69, 9.17) is 26.2 Å². The van der Waals surface area contributed by atoms with E-state index in [-0.39, 0.29) is 4.90 Å². The predicted molar refractivity (Wildman–Crippen MR) is 140 cm³/mol. The summed E-state index contributed by atoms with van der Waals surface area (Å²) in [6, 6.07) is 20.4. The summed E-state index contributed by atoms with van der Waals surface area (Å²) in [6.45, 7) is 1.87. The lowest BCUT2D eigenvalue weighted by Crippen LogP contribution is -2.43. The number of benzene rings is 3. The first-order valence-corrected chi connectivity index (χ1v) is 13.9. The molecule has 0 amide bonds. The lowest BCUT2D eigenvalue weighted by Gasteiger charge is -2.39. The molecule has 9 heteroatoms. The number of aliphatic hydroxyl groups is 1. The van der Waals surface area contributed by atoms with Crippen LogP contribution in [-0.4, -0.2) is 44.5 Å². The molecule has 0 aliphatic carbocycles. The van der Waals surface area contributed by atoms with Gasteiger partial charge in [-0.15, -0.1) is 11.6 Å². The highest BCUT2D eigenvalue weighted by Crippen LogP contribution is 2.37. The van der Waals surface area contributed by atoms with Gasteiger partial charge in [0.05, 0.1) is 17.6 Å². The van der Waals surface area contributed by atoms with Crippen LogP contribution in [0.15, 0.2) is 71.6 Å². The number of nitrogens with zero attached hydrogens (tertiary/aromatic N) is 1. The number of primary sulfonamides is 1. The maximum Gasteiger partial charge on any atom is 0.238 e. The number of nitrogens with two attached hydrogens (primary N) is 1. The van der Waals surface area contributed by atoms with Crippen LogP contribution in [0.4, 0.5) is 0 Å². The second-order valence-corrected chi connectivity index (χ2v) is 10.9. The molecular weight excluding hydrogens is 500 g/mol.